The molecular weight excluding hydrogens is 387 g/mol. The van der Waals surface area contributed by atoms with Crippen LogP contribution in [0.1, 0.15) is 30.6 Å². The van der Waals surface area contributed by atoms with Crippen molar-refractivity contribution in [1.29, 1.82) is 0 Å². The monoisotopic (exact) mass is 414 g/mol. The Morgan fingerprint density at radius 3 is 2.43 bits per heavy atom. The van der Waals surface area contributed by atoms with Crippen LogP contribution in [0, 0.1) is 11.7 Å². The summed E-state index contributed by atoms with van der Waals surface area (Å²) in [6.07, 6.45) is 0.617. The van der Waals surface area contributed by atoms with Gasteiger partial charge in [-0.1, -0.05) is 19.9 Å². The van der Waals surface area contributed by atoms with Crippen molar-refractivity contribution in [2.24, 2.45) is 11.7 Å². The van der Waals surface area contributed by atoms with Crippen LogP contribution in [0.4, 0.5) is 4.39 Å². The van der Waals surface area contributed by atoms with E-state index < -0.39 is 11.9 Å². The number of halogens is 2. The lowest BCUT2D eigenvalue weighted by molar-refractivity contribution is -0.133. The van der Waals surface area contributed by atoms with Crippen molar-refractivity contribution in [3.8, 4) is 0 Å². The standard InChI is InChI=1S/C19H27FN4O3.ClH/c1-13(2)17(21)18(26)22-12-16(25)23-7-4-8-24(10-9-23)19(27)14-5-3-6-15(20)11-14;/h3,5-6,11,13,17H,4,7-10,12,21H2,1-2H3,(H,22,26);1H/t17-;/m0./s1. The lowest BCUT2D eigenvalue weighted by Gasteiger charge is -2.23. The maximum Gasteiger partial charge on any atom is 0.254 e. The fraction of sp³-hybridized carbons (Fsp3) is 0.526. The first-order valence-corrected chi connectivity index (χ1v) is 9.15. The number of nitrogens with one attached hydrogen (secondary N) is 1. The molecule has 2 rings (SSSR count). The number of nitrogens with two attached hydrogens (primary N) is 1. The molecule has 28 heavy (non-hydrogen) atoms. The highest BCUT2D eigenvalue weighted by Crippen LogP contribution is 2.11. The van der Waals surface area contributed by atoms with Crippen LogP contribution in [0.25, 0.3) is 0 Å². The molecule has 0 aromatic heterocycles. The Kier molecular flexibility index (Phi) is 9.34. The van der Waals surface area contributed by atoms with Crippen LogP contribution < -0.4 is 11.1 Å². The third kappa shape index (κ3) is 6.45. The second kappa shape index (κ2) is 11.0. The Labute approximate surface area is 170 Å². The number of hydrogen-bond acceptors (Lipinski definition) is 4. The zero-order valence-corrected chi connectivity index (χ0v) is 17.0. The van der Waals surface area contributed by atoms with E-state index in [1.165, 1.54) is 18.2 Å². The van der Waals surface area contributed by atoms with E-state index >= 15 is 0 Å². The van der Waals surface area contributed by atoms with Crippen LogP contribution in [0.2, 0.25) is 0 Å². The van der Waals surface area contributed by atoms with Crippen LogP contribution in [0.15, 0.2) is 24.3 Å². The Morgan fingerprint density at radius 1 is 1.14 bits per heavy atom. The van der Waals surface area contributed by atoms with Crippen LogP contribution in [0.5, 0.6) is 0 Å². The van der Waals surface area contributed by atoms with E-state index in [1.54, 1.807) is 15.9 Å². The maximum atomic E-state index is 13.3. The summed E-state index contributed by atoms with van der Waals surface area (Å²) in [5.74, 6) is -1.28. The van der Waals surface area contributed by atoms with Crippen molar-refractivity contribution in [2.75, 3.05) is 32.7 Å². The van der Waals surface area contributed by atoms with Gasteiger partial charge in [0.25, 0.3) is 5.91 Å². The third-order valence-electron chi connectivity index (χ3n) is 4.64. The minimum absolute atomic E-state index is 0. The molecule has 3 N–H and O–H groups in total. The minimum Gasteiger partial charge on any atom is -0.346 e. The van der Waals surface area contributed by atoms with Gasteiger partial charge in [0.15, 0.2) is 0 Å². The summed E-state index contributed by atoms with van der Waals surface area (Å²) in [6, 6.07) is 4.93. The summed E-state index contributed by atoms with van der Waals surface area (Å²) in [5.41, 5.74) is 6.06. The van der Waals surface area contributed by atoms with E-state index in [2.05, 4.69) is 5.32 Å². The highest BCUT2D eigenvalue weighted by molar-refractivity contribution is 5.94. The normalized spacial score (nSPS) is 15.5. The van der Waals surface area contributed by atoms with Gasteiger partial charge in [-0.2, -0.15) is 0 Å². The quantitative estimate of drug-likeness (QED) is 0.752. The summed E-state index contributed by atoms with van der Waals surface area (Å²) in [4.78, 5) is 40.0. The van der Waals surface area contributed by atoms with Crippen LogP contribution in [0.3, 0.4) is 0 Å². The first-order chi connectivity index (χ1) is 12.8. The molecule has 1 fully saturated rings. The van der Waals surface area contributed by atoms with E-state index in [4.69, 9.17) is 5.73 Å². The fourth-order valence-corrected chi connectivity index (χ4v) is 2.87. The van der Waals surface area contributed by atoms with E-state index in [0.29, 0.717) is 38.2 Å². The number of benzene rings is 1. The number of rotatable bonds is 5. The number of hydrogen-bond donors (Lipinski definition) is 2. The average Bonchev–Trinajstić information content (AvgIpc) is 2.90. The highest BCUT2D eigenvalue weighted by atomic mass is 35.5. The summed E-state index contributed by atoms with van der Waals surface area (Å²) in [7, 11) is 0. The van der Waals surface area contributed by atoms with Gasteiger partial charge in [0.1, 0.15) is 5.82 Å². The Morgan fingerprint density at radius 2 is 1.79 bits per heavy atom. The van der Waals surface area contributed by atoms with Gasteiger partial charge in [0.2, 0.25) is 11.8 Å². The molecule has 1 aromatic carbocycles. The zero-order chi connectivity index (χ0) is 20.0. The smallest absolute Gasteiger partial charge is 0.254 e. The molecule has 1 aliphatic rings. The van der Waals surface area contributed by atoms with Gasteiger partial charge in [-0.3, -0.25) is 14.4 Å². The summed E-state index contributed by atoms with van der Waals surface area (Å²) >= 11 is 0. The van der Waals surface area contributed by atoms with E-state index in [0.717, 1.165) is 0 Å². The zero-order valence-electron chi connectivity index (χ0n) is 16.2. The molecule has 1 aromatic rings. The molecule has 1 aliphatic heterocycles. The van der Waals surface area contributed by atoms with E-state index in [-0.39, 0.29) is 42.6 Å². The van der Waals surface area contributed by atoms with Crippen molar-refractivity contribution in [3.63, 3.8) is 0 Å². The molecule has 0 saturated carbocycles. The number of nitrogens with zero attached hydrogens (tertiary/aromatic N) is 2. The van der Waals surface area contributed by atoms with Crippen molar-refractivity contribution < 1.29 is 18.8 Å². The molecule has 0 aliphatic carbocycles. The van der Waals surface area contributed by atoms with Gasteiger partial charge in [0, 0.05) is 31.7 Å². The molecule has 1 atom stereocenters. The molecule has 0 unspecified atom stereocenters. The van der Waals surface area contributed by atoms with Crippen molar-refractivity contribution >= 4 is 30.1 Å². The summed E-state index contributed by atoms with van der Waals surface area (Å²) < 4.78 is 13.3. The minimum atomic E-state index is -0.652. The second-order valence-electron chi connectivity index (χ2n) is 7.02. The first kappa shape index (κ1) is 23.8. The molecule has 0 radical (unpaired) electrons. The second-order valence-corrected chi connectivity index (χ2v) is 7.02. The Bertz CT molecular complexity index is 702. The largest absolute Gasteiger partial charge is 0.346 e. The predicted molar refractivity (Wildman–Crippen MR) is 107 cm³/mol. The molecule has 3 amide bonds. The van der Waals surface area contributed by atoms with Gasteiger partial charge in [-0.25, -0.2) is 4.39 Å². The van der Waals surface area contributed by atoms with Crippen LogP contribution >= 0.6 is 12.4 Å². The summed E-state index contributed by atoms with van der Waals surface area (Å²) in [6.45, 7) is 5.28. The molecule has 0 bridgehead atoms. The van der Waals surface area contributed by atoms with Gasteiger partial charge < -0.3 is 20.9 Å². The lowest BCUT2D eigenvalue weighted by atomic mass is 10.1. The lowest BCUT2D eigenvalue weighted by Crippen LogP contribution is -2.48. The molecule has 0 spiro atoms. The van der Waals surface area contributed by atoms with E-state index in [1.807, 2.05) is 13.8 Å². The number of amides is 3. The molecular formula is C19H28ClFN4O3. The first-order valence-electron chi connectivity index (χ1n) is 9.15. The van der Waals surface area contributed by atoms with Gasteiger partial charge in [0.05, 0.1) is 12.6 Å². The predicted octanol–water partition coefficient (Wildman–Crippen LogP) is 1.02. The SMILES string of the molecule is CC(C)[C@H](N)C(=O)NCC(=O)N1CCCN(C(=O)c2cccc(F)c2)CC1.Cl. The molecule has 7 nitrogen and oxygen atoms in total. The average molecular weight is 415 g/mol. The van der Waals surface area contributed by atoms with Crippen molar-refractivity contribution in [1.82, 2.24) is 15.1 Å². The third-order valence-corrected chi connectivity index (χ3v) is 4.64. The summed E-state index contributed by atoms with van der Waals surface area (Å²) in [5, 5.41) is 2.57. The number of carbonyl (C=O) groups excluding carboxylic acids is 3. The van der Waals surface area contributed by atoms with Crippen LogP contribution in [-0.4, -0.2) is 66.3 Å². The fourth-order valence-electron chi connectivity index (χ4n) is 2.87. The van der Waals surface area contributed by atoms with Gasteiger partial charge in [-0.05, 0) is 30.5 Å². The van der Waals surface area contributed by atoms with Crippen molar-refractivity contribution in [2.45, 2.75) is 26.3 Å². The molecule has 156 valence electrons. The van der Waals surface area contributed by atoms with Gasteiger partial charge in [-0.15, -0.1) is 12.4 Å². The molecule has 9 heteroatoms. The number of carbonyl (C=O) groups is 3. The maximum absolute atomic E-state index is 13.3. The van der Waals surface area contributed by atoms with E-state index in [9.17, 15) is 18.8 Å². The topological polar surface area (TPSA) is 95.7 Å². The van der Waals surface area contributed by atoms with Gasteiger partial charge >= 0.3 is 0 Å². The molecule has 1 heterocycles. The Hall–Kier alpha value is -2.19. The highest BCUT2D eigenvalue weighted by Gasteiger charge is 2.24. The van der Waals surface area contributed by atoms with Crippen LogP contribution in [-0.2, 0) is 9.59 Å². The molecule has 1 saturated heterocycles. The van der Waals surface area contributed by atoms with Crippen molar-refractivity contribution in [3.05, 3.63) is 35.6 Å². The Balaban J connectivity index is 0.00000392.